The lowest BCUT2D eigenvalue weighted by molar-refractivity contribution is -0.119. The fourth-order valence-electron chi connectivity index (χ4n) is 2.39. The fraction of sp³-hybridized carbons (Fsp3) is 0.278. The molecule has 1 heterocycles. The maximum atomic E-state index is 12.6. The SMILES string of the molecule is CCCC(C(=O)Nc1ccc(C#N)cc1)n1cccc(C)c1=O. The van der Waals surface area contributed by atoms with Gasteiger partial charge in [0.2, 0.25) is 5.91 Å². The average molecular weight is 309 g/mol. The molecule has 1 aromatic heterocycles. The van der Waals surface area contributed by atoms with Gasteiger partial charge in [-0.3, -0.25) is 9.59 Å². The van der Waals surface area contributed by atoms with Crippen molar-refractivity contribution in [2.24, 2.45) is 0 Å². The van der Waals surface area contributed by atoms with Gasteiger partial charge in [0.1, 0.15) is 6.04 Å². The van der Waals surface area contributed by atoms with E-state index in [2.05, 4.69) is 5.32 Å². The Hall–Kier alpha value is -2.87. The van der Waals surface area contributed by atoms with Crippen LogP contribution in [-0.2, 0) is 4.79 Å². The Morgan fingerprint density at radius 1 is 1.30 bits per heavy atom. The quantitative estimate of drug-likeness (QED) is 0.922. The molecule has 0 bridgehead atoms. The Balaban J connectivity index is 2.26. The third kappa shape index (κ3) is 3.86. The first-order chi connectivity index (χ1) is 11.1. The first-order valence-electron chi connectivity index (χ1n) is 7.55. The van der Waals surface area contributed by atoms with Gasteiger partial charge in [0.25, 0.3) is 5.56 Å². The molecule has 0 saturated carbocycles. The maximum absolute atomic E-state index is 12.6. The number of hydrogen-bond donors (Lipinski definition) is 1. The first-order valence-corrected chi connectivity index (χ1v) is 7.55. The summed E-state index contributed by atoms with van der Waals surface area (Å²) in [6.07, 6.45) is 3.01. The lowest BCUT2D eigenvalue weighted by atomic mass is 10.1. The number of nitriles is 1. The van der Waals surface area contributed by atoms with Crippen LogP contribution in [-0.4, -0.2) is 10.5 Å². The second-order valence-electron chi connectivity index (χ2n) is 5.39. The van der Waals surface area contributed by atoms with Gasteiger partial charge < -0.3 is 9.88 Å². The number of pyridine rings is 1. The Bertz CT molecular complexity index is 785. The van der Waals surface area contributed by atoms with Crippen molar-refractivity contribution in [1.82, 2.24) is 4.57 Å². The van der Waals surface area contributed by atoms with Gasteiger partial charge in [-0.1, -0.05) is 19.4 Å². The first kappa shape index (κ1) is 16.5. The van der Waals surface area contributed by atoms with Crippen LogP contribution in [0.15, 0.2) is 47.4 Å². The lowest BCUT2D eigenvalue weighted by Crippen LogP contribution is -2.33. The molecule has 23 heavy (non-hydrogen) atoms. The summed E-state index contributed by atoms with van der Waals surface area (Å²) >= 11 is 0. The predicted molar refractivity (Wildman–Crippen MR) is 89.2 cm³/mol. The number of hydrogen-bond acceptors (Lipinski definition) is 3. The number of amides is 1. The van der Waals surface area contributed by atoms with E-state index >= 15 is 0 Å². The molecule has 1 amide bonds. The van der Waals surface area contributed by atoms with Gasteiger partial charge in [0.15, 0.2) is 0 Å². The largest absolute Gasteiger partial charge is 0.324 e. The Morgan fingerprint density at radius 3 is 2.61 bits per heavy atom. The molecule has 0 spiro atoms. The molecular weight excluding hydrogens is 290 g/mol. The van der Waals surface area contributed by atoms with Crippen LogP contribution >= 0.6 is 0 Å². The number of benzene rings is 1. The van der Waals surface area contributed by atoms with Gasteiger partial charge >= 0.3 is 0 Å². The van der Waals surface area contributed by atoms with Crippen molar-refractivity contribution in [1.29, 1.82) is 5.26 Å². The van der Waals surface area contributed by atoms with Gasteiger partial charge in [0.05, 0.1) is 11.6 Å². The maximum Gasteiger partial charge on any atom is 0.254 e. The molecule has 2 rings (SSSR count). The smallest absolute Gasteiger partial charge is 0.254 e. The van der Waals surface area contributed by atoms with Crippen molar-refractivity contribution in [3.05, 3.63) is 64.1 Å². The molecule has 0 fully saturated rings. The van der Waals surface area contributed by atoms with Crippen LogP contribution < -0.4 is 10.9 Å². The zero-order chi connectivity index (χ0) is 16.8. The summed E-state index contributed by atoms with van der Waals surface area (Å²) in [5.74, 6) is -0.232. The molecule has 5 heteroatoms. The minimum atomic E-state index is -0.553. The normalized spacial score (nSPS) is 11.5. The monoisotopic (exact) mass is 309 g/mol. The number of nitrogens with one attached hydrogen (secondary N) is 1. The van der Waals surface area contributed by atoms with Crippen molar-refractivity contribution in [3.8, 4) is 6.07 Å². The number of carbonyl (C=O) groups is 1. The molecule has 1 aromatic carbocycles. The summed E-state index contributed by atoms with van der Waals surface area (Å²) in [6, 6.07) is 11.6. The van der Waals surface area contributed by atoms with Crippen LogP contribution in [0.3, 0.4) is 0 Å². The van der Waals surface area contributed by atoms with E-state index in [9.17, 15) is 9.59 Å². The van der Waals surface area contributed by atoms with Crippen LogP contribution in [0.5, 0.6) is 0 Å². The van der Waals surface area contributed by atoms with E-state index < -0.39 is 6.04 Å². The van der Waals surface area contributed by atoms with Crippen molar-refractivity contribution >= 4 is 11.6 Å². The van der Waals surface area contributed by atoms with Gasteiger partial charge in [-0.05, 0) is 43.7 Å². The van der Waals surface area contributed by atoms with Crippen molar-refractivity contribution in [2.75, 3.05) is 5.32 Å². The molecule has 1 atom stereocenters. The Morgan fingerprint density at radius 2 is 2.00 bits per heavy atom. The third-order valence-electron chi connectivity index (χ3n) is 3.65. The van der Waals surface area contributed by atoms with Gasteiger partial charge in [0, 0.05) is 17.4 Å². The highest BCUT2D eigenvalue weighted by atomic mass is 16.2. The summed E-state index contributed by atoms with van der Waals surface area (Å²) in [7, 11) is 0. The third-order valence-corrected chi connectivity index (χ3v) is 3.65. The molecule has 0 aliphatic heterocycles. The highest BCUT2D eigenvalue weighted by molar-refractivity contribution is 5.93. The van der Waals surface area contributed by atoms with E-state index in [4.69, 9.17) is 5.26 Å². The highest BCUT2D eigenvalue weighted by Crippen LogP contribution is 2.16. The lowest BCUT2D eigenvalue weighted by Gasteiger charge is -2.19. The van der Waals surface area contributed by atoms with E-state index in [1.54, 1.807) is 49.5 Å². The molecule has 0 aliphatic carbocycles. The molecule has 0 radical (unpaired) electrons. The summed E-state index contributed by atoms with van der Waals surface area (Å²) < 4.78 is 1.48. The average Bonchev–Trinajstić information content (AvgIpc) is 2.56. The van der Waals surface area contributed by atoms with E-state index in [1.807, 2.05) is 13.0 Å². The molecule has 0 saturated heterocycles. The van der Waals surface area contributed by atoms with Crippen LogP contribution in [0.2, 0.25) is 0 Å². The molecule has 2 aromatic rings. The minimum absolute atomic E-state index is 0.152. The highest BCUT2D eigenvalue weighted by Gasteiger charge is 2.21. The summed E-state index contributed by atoms with van der Waals surface area (Å²) in [4.78, 5) is 24.9. The van der Waals surface area contributed by atoms with E-state index in [-0.39, 0.29) is 11.5 Å². The molecule has 0 aliphatic rings. The van der Waals surface area contributed by atoms with E-state index in [0.29, 0.717) is 23.2 Å². The van der Waals surface area contributed by atoms with E-state index in [0.717, 1.165) is 6.42 Å². The van der Waals surface area contributed by atoms with Gasteiger partial charge in [-0.2, -0.15) is 5.26 Å². The number of rotatable bonds is 5. The predicted octanol–water partition coefficient (Wildman–Crippen LogP) is 3.01. The summed E-state index contributed by atoms with van der Waals surface area (Å²) in [5, 5.41) is 11.6. The Kier molecular flexibility index (Phi) is 5.32. The van der Waals surface area contributed by atoms with Crippen LogP contribution in [0.4, 0.5) is 5.69 Å². The van der Waals surface area contributed by atoms with Gasteiger partial charge in [-0.15, -0.1) is 0 Å². The number of carbonyl (C=O) groups excluding carboxylic acids is 1. The molecule has 5 nitrogen and oxygen atoms in total. The standard InChI is InChI=1S/C18H19N3O2/c1-3-5-16(21-11-4-6-13(2)18(21)23)17(22)20-15-9-7-14(12-19)8-10-15/h4,6-11,16H,3,5H2,1-2H3,(H,20,22). The van der Waals surface area contributed by atoms with Crippen LogP contribution in [0, 0.1) is 18.3 Å². The van der Waals surface area contributed by atoms with Crippen LogP contribution in [0.25, 0.3) is 0 Å². The number of aromatic nitrogens is 1. The van der Waals surface area contributed by atoms with Crippen molar-refractivity contribution in [2.45, 2.75) is 32.7 Å². The number of aryl methyl sites for hydroxylation is 1. The molecule has 1 unspecified atom stereocenters. The summed E-state index contributed by atoms with van der Waals surface area (Å²) in [6.45, 7) is 3.71. The summed E-state index contributed by atoms with van der Waals surface area (Å²) in [5.41, 5.74) is 1.60. The van der Waals surface area contributed by atoms with Crippen molar-refractivity contribution in [3.63, 3.8) is 0 Å². The molecule has 1 N–H and O–H groups in total. The number of anilines is 1. The molecular formula is C18H19N3O2. The van der Waals surface area contributed by atoms with E-state index in [1.165, 1.54) is 4.57 Å². The van der Waals surface area contributed by atoms with Crippen molar-refractivity contribution < 1.29 is 4.79 Å². The topological polar surface area (TPSA) is 74.9 Å². The second kappa shape index (κ2) is 7.41. The van der Waals surface area contributed by atoms with Gasteiger partial charge in [-0.25, -0.2) is 0 Å². The number of nitrogens with zero attached hydrogens (tertiary/aromatic N) is 2. The zero-order valence-corrected chi connectivity index (χ0v) is 13.2. The minimum Gasteiger partial charge on any atom is -0.324 e. The Labute approximate surface area is 135 Å². The van der Waals surface area contributed by atoms with Crippen LogP contribution in [0.1, 0.15) is 36.9 Å². The fourth-order valence-corrected chi connectivity index (χ4v) is 2.39. The molecule has 118 valence electrons. The zero-order valence-electron chi connectivity index (χ0n) is 13.2. The second-order valence-corrected chi connectivity index (χ2v) is 5.39.